The van der Waals surface area contributed by atoms with Crippen molar-refractivity contribution in [1.82, 2.24) is 5.32 Å². The Kier molecular flexibility index (Phi) is 3.70. The van der Waals surface area contributed by atoms with Gasteiger partial charge in [-0.2, -0.15) is 0 Å². The second-order valence-electron chi connectivity index (χ2n) is 3.74. The molecule has 1 heterocycles. The van der Waals surface area contributed by atoms with Gasteiger partial charge in [-0.25, -0.2) is 0 Å². The minimum atomic E-state index is -0.667. The van der Waals surface area contributed by atoms with Gasteiger partial charge in [-0.1, -0.05) is 12.2 Å². The molecular formula is C11H19NO. The van der Waals surface area contributed by atoms with Crippen molar-refractivity contribution in [2.75, 3.05) is 6.54 Å². The van der Waals surface area contributed by atoms with Crippen LogP contribution in [0, 0.1) is 0 Å². The van der Waals surface area contributed by atoms with Gasteiger partial charge in [-0.15, -0.1) is 13.2 Å². The van der Waals surface area contributed by atoms with E-state index < -0.39 is 5.60 Å². The third-order valence-electron chi connectivity index (χ3n) is 2.70. The highest BCUT2D eigenvalue weighted by atomic mass is 16.3. The summed E-state index contributed by atoms with van der Waals surface area (Å²) in [6.07, 6.45) is 7.04. The lowest BCUT2D eigenvalue weighted by molar-refractivity contribution is 0.0131. The average Bonchev–Trinajstić information content (AvgIpc) is 2.57. The van der Waals surface area contributed by atoms with Crippen LogP contribution in [0.2, 0.25) is 0 Å². The minimum absolute atomic E-state index is 0.212. The Morgan fingerprint density at radius 3 is 2.38 bits per heavy atom. The Labute approximate surface area is 80.3 Å². The van der Waals surface area contributed by atoms with Crippen molar-refractivity contribution in [2.45, 2.75) is 37.3 Å². The Morgan fingerprint density at radius 2 is 2.00 bits per heavy atom. The van der Waals surface area contributed by atoms with E-state index in [-0.39, 0.29) is 6.04 Å². The van der Waals surface area contributed by atoms with Crippen LogP contribution in [0.25, 0.3) is 0 Å². The first-order valence-corrected chi connectivity index (χ1v) is 4.90. The summed E-state index contributed by atoms with van der Waals surface area (Å²) in [5.74, 6) is 0. The Balaban J connectivity index is 2.62. The standard InChI is InChI=1S/C11H19NO/c1-3-7-11(13,8-4-2)10-6-5-9-12-10/h3-4,10,12-13H,1-2,5-9H2/t10-/m1/s1. The van der Waals surface area contributed by atoms with E-state index >= 15 is 0 Å². The molecule has 0 amide bonds. The van der Waals surface area contributed by atoms with Crippen molar-refractivity contribution in [3.63, 3.8) is 0 Å². The Bertz CT molecular complexity index is 173. The van der Waals surface area contributed by atoms with Crippen LogP contribution in [-0.2, 0) is 0 Å². The van der Waals surface area contributed by atoms with Gasteiger partial charge in [-0.05, 0) is 32.2 Å². The van der Waals surface area contributed by atoms with E-state index in [2.05, 4.69) is 18.5 Å². The normalized spacial score (nSPS) is 23.0. The summed E-state index contributed by atoms with van der Waals surface area (Å²) in [6, 6.07) is 0.212. The van der Waals surface area contributed by atoms with Gasteiger partial charge in [0, 0.05) is 6.04 Å². The summed E-state index contributed by atoms with van der Waals surface area (Å²) in [5.41, 5.74) is -0.667. The molecule has 0 aliphatic carbocycles. The molecule has 0 unspecified atom stereocenters. The average molecular weight is 181 g/mol. The minimum Gasteiger partial charge on any atom is -0.388 e. The molecule has 1 aliphatic heterocycles. The molecule has 1 fully saturated rings. The highest BCUT2D eigenvalue weighted by molar-refractivity contribution is 5.01. The largest absolute Gasteiger partial charge is 0.388 e. The van der Waals surface area contributed by atoms with E-state index in [4.69, 9.17) is 0 Å². The molecule has 13 heavy (non-hydrogen) atoms. The molecule has 0 aromatic carbocycles. The molecule has 0 spiro atoms. The number of hydrogen-bond acceptors (Lipinski definition) is 2. The van der Waals surface area contributed by atoms with Crippen molar-refractivity contribution in [2.24, 2.45) is 0 Å². The first kappa shape index (κ1) is 10.5. The van der Waals surface area contributed by atoms with Crippen LogP contribution in [0.5, 0.6) is 0 Å². The molecule has 2 N–H and O–H groups in total. The summed E-state index contributed by atoms with van der Waals surface area (Å²) < 4.78 is 0. The van der Waals surface area contributed by atoms with E-state index in [1.807, 2.05) is 0 Å². The lowest BCUT2D eigenvalue weighted by Crippen LogP contribution is -2.47. The number of aliphatic hydroxyl groups is 1. The molecule has 0 aromatic heterocycles. The van der Waals surface area contributed by atoms with Crippen molar-refractivity contribution in [3.05, 3.63) is 25.3 Å². The Morgan fingerprint density at radius 1 is 1.38 bits per heavy atom. The van der Waals surface area contributed by atoms with Gasteiger partial charge in [0.1, 0.15) is 0 Å². The van der Waals surface area contributed by atoms with Gasteiger partial charge < -0.3 is 10.4 Å². The van der Waals surface area contributed by atoms with Gasteiger partial charge in [0.25, 0.3) is 0 Å². The second-order valence-corrected chi connectivity index (χ2v) is 3.74. The zero-order chi connectivity index (χ0) is 9.73. The molecule has 74 valence electrons. The fraction of sp³-hybridized carbons (Fsp3) is 0.636. The van der Waals surface area contributed by atoms with E-state index in [1.165, 1.54) is 0 Å². The van der Waals surface area contributed by atoms with Crippen molar-refractivity contribution < 1.29 is 5.11 Å². The molecule has 1 saturated heterocycles. The van der Waals surface area contributed by atoms with Crippen LogP contribution in [-0.4, -0.2) is 23.3 Å². The molecule has 0 aromatic rings. The molecule has 1 rings (SSSR count). The molecule has 0 bridgehead atoms. The van der Waals surface area contributed by atoms with Gasteiger partial charge in [0.05, 0.1) is 5.60 Å². The van der Waals surface area contributed by atoms with Crippen LogP contribution in [0.4, 0.5) is 0 Å². The fourth-order valence-electron chi connectivity index (χ4n) is 2.01. The zero-order valence-corrected chi connectivity index (χ0v) is 8.13. The van der Waals surface area contributed by atoms with Crippen LogP contribution >= 0.6 is 0 Å². The SMILES string of the molecule is C=CCC(O)(CC=C)[C@H]1CCCN1. The number of nitrogens with one attached hydrogen (secondary N) is 1. The van der Waals surface area contributed by atoms with Crippen LogP contribution in [0.1, 0.15) is 25.7 Å². The maximum absolute atomic E-state index is 10.3. The van der Waals surface area contributed by atoms with Crippen LogP contribution in [0.15, 0.2) is 25.3 Å². The van der Waals surface area contributed by atoms with E-state index in [1.54, 1.807) is 12.2 Å². The topological polar surface area (TPSA) is 32.3 Å². The van der Waals surface area contributed by atoms with Gasteiger partial charge in [-0.3, -0.25) is 0 Å². The smallest absolute Gasteiger partial charge is 0.0868 e. The molecule has 1 aliphatic rings. The molecule has 0 saturated carbocycles. The second kappa shape index (κ2) is 4.58. The van der Waals surface area contributed by atoms with Crippen molar-refractivity contribution in [3.8, 4) is 0 Å². The summed E-state index contributed by atoms with van der Waals surface area (Å²) in [6.45, 7) is 8.37. The van der Waals surface area contributed by atoms with Crippen molar-refractivity contribution in [1.29, 1.82) is 0 Å². The van der Waals surface area contributed by atoms with E-state index in [0.717, 1.165) is 19.4 Å². The molecular weight excluding hydrogens is 162 g/mol. The highest BCUT2D eigenvalue weighted by Crippen LogP contribution is 2.26. The summed E-state index contributed by atoms with van der Waals surface area (Å²) in [5, 5.41) is 13.6. The molecule has 2 heteroatoms. The number of hydrogen-bond donors (Lipinski definition) is 2. The first-order valence-electron chi connectivity index (χ1n) is 4.90. The molecule has 2 nitrogen and oxygen atoms in total. The quantitative estimate of drug-likeness (QED) is 0.632. The fourth-order valence-corrected chi connectivity index (χ4v) is 2.01. The van der Waals surface area contributed by atoms with Crippen LogP contribution in [0.3, 0.4) is 0 Å². The maximum atomic E-state index is 10.3. The zero-order valence-electron chi connectivity index (χ0n) is 8.13. The van der Waals surface area contributed by atoms with E-state index in [9.17, 15) is 5.11 Å². The van der Waals surface area contributed by atoms with Crippen LogP contribution < -0.4 is 5.32 Å². The monoisotopic (exact) mass is 181 g/mol. The molecule has 1 atom stereocenters. The highest BCUT2D eigenvalue weighted by Gasteiger charge is 2.35. The Hall–Kier alpha value is -0.600. The van der Waals surface area contributed by atoms with Gasteiger partial charge >= 0.3 is 0 Å². The third-order valence-corrected chi connectivity index (χ3v) is 2.70. The third kappa shape index (κ3) is 2.42. The summed E-state index contributed by atoms with van der Waals surface area (Å²) in [4.78, 5) is 0. The van der Waals surface area contributed by atoms with E-state index in [0.29, 0.717) is 12.8 Å². The predicted molar refractivity (Wildman–Crippen MR) is 55.6 cm³/mol. The number of rotatable bonds is 5. The maximum Gasteiger partial charge on any atom is 0.0868 e. The summed E-state index contributed by atoms with van der Waals surface area (Å²) in [7, 11) is 0. The predicted octanol–water partition coefficient (Wildman–Crippen LogP) is 1.62. The summed E-state index contributed by atoms with van der Waals surface area (Å²) >= 11 is 0. The molecule has 0 radical (unpaired) electrons. The van der Waals surface area contributed by atoms with Gasteiger partial charge in [0.15, 0.2) is 0 Å². The van der Waals surface area contributed by atoms with Crippen molar-refractivity contribution >= 4 is 0 Å². The lowest BCUT2D eigenvalue weighted by Gasteiger charge is -2.32. The van der Waals surface area contributed by atoms with Gasteiger partial charge in [0.2, 0.25) is 0 Å². The first-order chi connectivity index (χ1) is 6.23. The lowest BCUT2D eigenvalue weighted by atomic mass is 9.86.